The molecule has 6 heteroatoms. The van der Waals surface area contributed by atoms with Gasteiger partial charge < -0.3 is 24.0 Å². The van der Waals surface area contributed by atoms with E-state index >= 15 is 0 Å². The fourth-order valence-electron chi connectivity index (χ4n) is 3.42. The zero-order valence-electron chi connectivity index (χ0n) is 17.0. The van der Waals surface area contributed by atoms with Crippen molar-refractivity contribution in [1.29, 1.82) is 0 Å². The van der Waals surface area contributed by atoms with E-state index in [2.05, 4.69) is 18.4 Å². The molecule has 2 aromatic rings. The standard InChI is InChI=1S/C23H28N2O4/c1-4-15-28-22-8-6-5-7-19(22)17-29-23(26)24-13-14-25(18(2)16-24)20-9-11-21(27-3)12-10-20/h4-12,18H,1,13-17H2,2-3H3. The number of carbonyl (C=O) groups is 1. The number of anilines is 1. The van der Waals surface area contributed by atoms with Crippen molar-refractivity contribution in [3.8, 4) is 11.5 Å². The average Bonchev–Trinajstić information content (AvgIpc) is 2.76. The van der Waals surface area contributed by atoms with Crippen LogP contribution >= 0.6 is 0 Å². The summed E-state index contributed by atoms with van der Waals surface area (Å²) in [6.45, 7) is 8.34. The molecule has 6 nitrogen and oxygen atoms in total. The van der Waals surface area contributed by atoms with Gasteiger partial charge in [-0.2, -0.15) is 0 Å². The Morgan fingerprint density at radius 3 is 2.62 bits per heavy atom. The second-order valence-corrected chi connectivity index (χ2v) is 6.95. The maximum atomic E-state index is 12.6. The molecule has 0 aliphatic carbocycles. The second-order valence-electron chi connectivity index (χ2n) is 6.95. The van der Waals surface area contributed by atoms with Gasteiger partial charge >= 0.3 is 6.09 Å². The number of hydrogen-bond donors (Lipinski definition) is 0. The number of para-hydroxylation sites is 1. The molecule has 2 aromatic carbocycles. The van der Waals surface area contributed by atoms with E-state index in [1.165, 1.54) is 0 Å². The van der Waals surface area contributed by atoms with E-state index in [0.717, 1.165) is 23.5 Å². The smallest absolute Gasteiger partial charge is 0.410 e. The lowest BCUT2D eigenvalue weighted by molar-refractivity contribution is 0.0891. The Morgan fingerprint density at radius 1 is 1.17 bits per heavy atom. The van der Waals surface area contributed by atoms with Gasteiger partial charge in [-0.15, -0.1) is 0 Å². The van der Waals surface area contributed by atoms with E-state index < -0.39 is 0 Å². The molecule has 1 unspecified atom stereocenters. The van der Waals surface area contributed by atoms with Crippen molar-refractivity contribution in [1.82, 2.24) is 4.90 Å². The molecular weight excluding hydrogens is 368 g/mol. The molecule has 1 amide bonds. The molecule has 0 N–H and O–H groups in total. The lowest BCUT2D eigenvalue weighted by Gasteiger charge is -2.40. The molecule has 1 atom stereocenters. The molecular formula is C23H28N2O4. The highest BCUT2D eigenvalue weighted by Gasteiger charge is 2.28. The number of rotatable bonds is 7. The summed E-state index contributed by atoms with van der Waals surface area (Å²) in [7, 11) is 1.66. The van der Waals surface area contributed by atoms with Crippen molar-refractivity contribution in [2.75, 3.05) is 38.3 Å². The van der Waals surface area contributed by atoms with Gasteiger partial charge in [0.15, 0.2) is 0 Å². The van der Waals surface area contributed by atoms with Gasteiger partial charge in [0, 0.05) is 36.9 Å². The third-order valence-electron chi connectivity index (χ3n) is 4.97. The highest BCUT2D eigenvalue weighted by Crippen LogP contribution is 2.24. The van der Waals surface area contributed by atoms with E-state index in [1.54, 1.807) is 18.1 Å². The molecule has 0 saturated carbocycles. The zero-order valence-corrected chi connectivity index (χ0v) is 17.0. The summed E-state index contributed by atoms with van der Waals surface area (Å²) in [6.07, 6.45) is 1.39. The van der Waals surface area contributed by atoms with Crippen LogP contribution in [0, 0.1) is 0 Å². The van der Waals surface area contributed by atoms with Crippen LogP contribution < -0.4 is 14.4 Å². The first-order valence-corrected chi connectivity index (χ1v) is 9.76. The third kappa shape index (κ3) is 5.22. The lowest BCUT2D eigenvalue weighted by Crippen LogP contribution is -2.53. The Labute approximate surface area is 172 Å². The van der Waals surface area contributed by atoms with E-state index in [0.29, 0.717) is 25.4 Å². The average molecular weight is 396 g/mol. The molecule has 1 heterocycles. The van der Waals surface area contributed by atoms with Gasteiger partial charge in [-0.3, -0.25) is 0 Å². The number of benzene rings is 2. The summed E-state index contributed by atoms with van der Waals surface area (Å²) in [5, 5.41) is 0. The van der Waals surface area contributed by atoms with Crippen molar-refractivity contribution in [2.45, 2.75) is 19.6 Å². The quantitative estimate of drug-likeness (QED) is 0.660. The Hall–Kier alpha value is -3.15. The molecule has 154 valence electrons. The molecule has 1 saturated heterocycles. The Bertz CT molecular complexity index is 822. The molecule has 3 rings (SSSR count). The van der Waals surface area contributed by atoms with Crippen LogP contribution in [0.1, 0.15) is 12.5 Å². The van der Waals surface area contributed by atoms with Gasteiger partial charge in [-0.25, -0.2) is 4.79 Å². The summed E-state index contributed by atoms with van der Waals surface area (Å²) >= 11 is 0. The fourth-order valence-corrected chi connectivity index (χ4v) is 3.42. The molecule has 29 heavy (non-hydrogen) atoms. The maximum Gasteiger partial charge on any atom is 0.410 e. The van der Waals surface area contributed by atoms with Crippen LogP contribution in [0.2, 0.25) is 0 Å². The van der Waals surface area contributed by atoms with Gasteiger partial charge in [0.1, 0.15) is 24.7 Å². The Morgan fingerprint density at radius 2 is 1.93 bits per heavy atom. The van der Waals surface area contributed by atoms with Crippen LogP contribution in [0.3, 0.4) is 0 Å². The highest BCUT2D eigenvalue weighted by atomic mass is 16.6. The molecule has 0 aromatic heterocycles. The van der Waals surface area contributed by atoms with Gasteiger partial charge in [0.2, 0.25) is 0 Å². The first-order chi connectivity index (χ1) is 14.1. The van der Waals surface area contributed by atoms with E-state index in [-0.39, 0.29) is 18.7 Å². The van der Waals surface area contributed by atoms with Crippen LogP contribution in [0.5, 0.6) is 11.5 Å². The molecule has 0 radical (unpaired) electrons. The number of nitrogens with zero attached hydrogens (tertiary/aromatic N) is 2. The van der Waals surface area contributed by atoms with Crippen LogP contribution in [0.25, 0.3) is 0 Å². The van der Waals surface area contributed by atoms with Crippen LogP contribution in [-0.4, -0.2) is 50.4 Å². The second kappa shape index (κ2) is 9.87. The predicted octanol–water partition coefficient (Wildman–Crippen LogP) is 4.11. The first kappa shape index (κ1) is 20.6. The van der Waals surface area contributed by atoms with Crippen LogP contribution in [-0.2, 0) is 11.3 Å². The summed E-state index contributed by atoms with van der Waals surface area (Å²) in [4.78, 5) is 16.6. The van der Waals surface area contributed by atoms with Crippen LogP contribution in [0.4, 0.5) is 10.5 Å². The minimum atomic E-state index is -0.301. The van der Waals surface area contributed by atoms with Crippen LogP contribution in [0.15, 0.2) is 61.2 Å². The number of amides is 1. The summed E-state index contributed by atoms with van der Waals surface area (Å²) in [6, 6.07) is 15.7. The van der Waals surface area contributed by atoms with E-state index in [9.17, 15) is 4.79 Å². The SMILES string of the molecule is C=CCOc1ccccc1COC(=O)N1CCN(c2ccc(OC)cc2)C(C)C1. The number of piperazine rings is 1. The molecule has 1 aliphatic heterocycles. The van der Waals surface area contributed by atoms with E-state index in [4.69, 9.17) is 14.2 Å². The lowest BCUT2D eigenvalue weighted by atomic mass is 10.1. The summed E-state index contributed by atoms with van der Waals surface area (Å²) in [5.41, 5.74) is 1.97. The Kier molecular flexibility index (Phi) is 7.00. The largest absolute Gasteiger partial charge is 0.497 e. The van der Waals surface area contributed by atoms with Crippen molar-refractivity contribution >= 4 is 11.8 Å². The summed E-state index contributed by atoms with van der Waals surface area (Å²) in [5.74, 6) is 1.54. The van der Waals surface area contributed by atoms with Gasteiger partial charge in [0.25, 0.3) is 0 Å². The number of carbonyl (C=O) groups excluding carboxylic acids is 1. The van der Waals surface area contributed by atoms with Gasteiger partial charge in [0.05, 0.1) is 7.11 Å². The molecule has 0 spiro atoms. The first-order valence-electron chi connectivity index (χ1n) is 9.76. The molecule has 1 aliphatic rings. The van der Waals surface area contributed by atoms with E-state index in [1.807, 2.05) is 48.5 Å². The van der Waals surface area contributed by atoms with Crippen molar-refractivity contribution in [2.24, 2.45) is 0 Å². The minimum Gasteiger partial charge on any atom is -0.497 e. The normalized spacial score (nSPS) is 16.3. The molecule has 0 bridgehead atoms. The Balaban J connectivity index is 1.55. The number of hydrogen-bond acceptors (Lipinski definition) is 5. The topological polar surface area (TPSA) is 51.2 Å². The summed E-state index contributed by atoms with van der Waals surface area (Å²) < 4.78 is 16.4. The fraction of sp³-hybridized carbons (Fsp3) is 0.348. The highest BCUT2D eigenvalue weighted by molar-refractivity contribution is 5.68. The van der Waals surface area contributed by atoms with Gasteiger partial charge in [-0.05, 0) is 37.3 Å². The predicted molar refractivity (Wildman–Crippen MR) is 114 cm³/mol. The number of methoxy groups -OCH3 is 1. The van der Waals surface area contributed by atoms with Crippen molar-refractivity contribution in [3.63, 3.8) is 0 Å². The minimum absolute atomic E-state index is 0.180. The maximum absolute atomic E-state index is 12.6. The molecule has 1 fully saturated rings. The zero-order chi connectivity index (χ0) is 20.6. The third-order valence-corrected chi connectivity index (χ3v) is 4.97. The van der Waals surface area contributed by atoms with Gasteiger partial charge in [-0.1, -0.05) is 30.9 Å². The monoisotopic (exact) mass is 396 g/mol. The van der Waals surface area contributed by atoms with Crippen molar-refractivity contribution < 1.29 is 19.0 Å². The van der Waals surface area contributed by atoms with Crippen molar-refractivity contribution in [3.05, 3.63) is 66.7 Å². The number of ether oxygens (including phenoxy) is 3.